The molecular weight excluding hydrogens is 526 g/mol. The number of piperidine rings is 1. The summed E-state index contributed by atoms with van der Waals surface area (Å²) >= 11 is 0. The van der Waals surface area contributed by atoms with Gasteiger partial charge in [-0.2, -0.15) is 5.10 Å². The number of likely N-dealkylation sites (tertiary alicyclic amines) is 1. The van der Waals surface area contributed by atoms with Crippen molar-refractivity contribution in [1.82, 2.24) is 20.1 Å². The van der Waals surface area contributed by atoms with Crippen LogP contribution in [0.5, 0.6) is 0 Å². The summed E-state index contributed by atoms with van der Waals surface area (Å²) in [6.45, 7) is 8.39. The smallest absolute Gasteiger partial charge is 0.249 e. The minimum Gasteiger partial charge on any atom is -0.390 e. The van der Waals surface area contributed by atoms with E-state index in [1.165, 1.54) is 18.9 Å². The predicted octanol–water partition coefficient (Wildman–Crippen LogP) is 5.63. The summed E-state index contributed by atoms with van der Waals surface area (Å²) in [7, 11) is 0. The molecule has 1 amide bonds. The van der Waals surface area contributed by atoms with Gasteiger partial charge in [0.15, 0.2) is 0 Å². The third kappa shape index (κ3) is 8.01. The molecule has 3 aromatic rings. The van der Waals surface area contributed by atoms with Crippen LogP contribution in [0.25, 0.3) is 11.1 Å². The molecule has 1 unspecified atom stereocenters. The van der Waals surface area contributed by atoms with Crippen LogP contribution in [0.3, 0.4) is 0 Å². The van der Waals surface area contributed by atoms with Gasteiger partial charge in [0.2, 0.25) is 5.91 Å². The number of aromatic nitrogens is 3. The minimum atomic E-state index is -0.579. The fraction of sp³-hybridized carbons (Fsp3) is 0.471. The number of benzene rings is 1. The van der Waals surface area contributed by atoms with E-state index in [0.717, 1.165) is 54.0 Å². The zero-order valence-electron chi connectivity index (χ0n) is 25.0. The van der Waals surface area contributed by atoms with Crippen molar-refractivity contribution in [3.8, 4) is 11.1 Å². The molecule has 0 bridgehead atoms. The Balaban J connectivity index is 1.16. The van der Waals surface area contributed by atoms with Crippen molar-refractivity contribution in [3.05, 3.63) is 77.8 Å². The Bertz CT molecular complexity index is 1390. The number of anilines is 1. The van der Waals surface area contributed by atoms with Gasteiger partial charge >= 0.3 is 0 Å². The predicted molar refractivity (Wildman–Crippen MR) is 165 cm³/mol. The average Bonchev–Trinajstić information content (AvgIpc) is 3.70. The summed E-state index contributed by atoms with van der Waals surface area (Å²) in [5.74, 6) is 1.08. The zero-order valence-corrected chi connectivity index (χ0v) is 25.0. The van der Waals surface area contributed by atoms with Crippen LogP contribution in [0.4, 0.5) is 5.82 Å². The molecule has 1 saturated carbocycles. The number of nitrogens with one attached hydrogen (secondary N) is 2. The second-order valence-electron chi connectivity index (χ2n) is 12.5. The highest BCUT2D eigenvalue weighted by atomic mass is 16.3. The summed E-state index contributed by atoms with van der Waals surface area (Å²) in [4.78, 5) is 32.5. The maximum absolute atomic E-state index is 13.4. The monoisotopic (exact) mass is 569 g/mol. The van der Waals surface area contributed by atoms with E-state index in [2.05, 4.69) is 51.4 Å². The number of aliphatic hydroxyl groups is 1. The second kappa shape index (κ2) is 13.1. The molecule has 0 spiro atoms. The van der Waals surface area contributed by atoms with E-state index in [-0.39, 0.29) is 23.5 Å². The fourth-order valence-corrected chi connectivity index (χ4v) is 5.70. The number of carbonyl (C=O) groups is 2. The maximum atomic E-state index is 13.4. The number of carbonyl (C=O) groups excluding carboxylic acids is 2. The van der Waals surface area contributed by atoms with Crippen molar-refractivity contribution in [2.75, 3.05) is 25.0 Å². The van der Waals surface area contributed by atoms with Gasteiger partial charge in [-0.1, -0.05) is 44.2 Å². The normalized spacial score (nSPS) is 17.9. The number of rotatable bonds is 12. The molecule has 1 saturated heterocycles. The second-order valence-corrected chi connectivity index (χ2v) is 12.5. The number of hydrogen-bond donors (Lipinski definition) is 3. The summed E-state index contributed by atoms with van der Waals surface area (Å²) in [6.07, 6.45) is 10.2. The van der Waals surface area contributed by atoms with Crippen LogP contribution in [0.2, 0.25) is 0 Å². The van der Waals surface area contributed by atoms with E-state index >= 15 is 0 Å². The van der Waals surface area contributed by atoms with Crippen LogP contribution < -0.4 is 5.32 Å². The fourth-order valence-electron chi connectivity index (χ4n) is 5.70. The molecule has 42 heavy (non-hydrogen) atoms. The van der Waals surface area contributed by atoms with Crippen LogP contribution >= 0.6 is 0 Å². The van der Waals surface area contributed by atoms with Crippen LogP contribution in [-0.2, 0) is 16.0 Å². The first kappa shape index (κ1) is 29.9. The number of aryl methyl sites for hydroxylation is 1. The highest BCUT2D eigenvalue weighted by molar-refractivity contribution is 5.98. The van der Waals surface area contributed by atoms with Gasteiger partial charge < -0.3 is 10.4 Å². The summed E-state index contributed by atoms with van der Waals surface area (Å²) in [5, 5.41) is 20.4. The topological polar surface area (TPSA) is 111 Å². The van der Waals surface area contributed by atoms with Crippen LogP contribution in [0.15, 0.2) is 60.8 Å². The van der Waals surface area contributed by atoms with Crippen molar-refractivity contribution < 1.29 is 14.7 Å². The van der Waals surface area contributed by atoms with Gasteiger partial charge in [-0.05, 0) is 74.3 Å². The Kier molecular flexibility index (Phi) is 9.34. The minimum absolute atomic E-state index is 0.171. The molecule has 3 N–H and O–H groups in total. The van der Waals surface area contributed by atoms with E-state index in [9.17, 15) is 14.7 Å². The molecule has 2 fully saturated rings. The van der Waals surface area contributed by atoms with E-state index < -0.39 is 5.60 Å². The number of amides is 1. The lowest BCUT2D eigenvalue weighted by Gasteiger charge is -2.35. The van der Waals surface area contributed by atoms with Gasteiger partial charge in [-0.25, -0.2) is 4.98 Å². The van der Waals surface area contributed by atoms with Crippen molar-refractivity contribution in [2.24, 2.45) is 5.92 Å². The Labute approximate surface area is 248 Å². The quantitative estimate of drug-likeness (QED) is 0.244. The summed E-state index contributed by atoms with van der Waals surface area (Å²) < 4.78 is 0. The van der Waals surface area contributed by atoms with Crippen LogP contribution in [-0.4, -0.2) is 62.1 Å². The zero-order chi connectivity index (χ0) is 29.7. The number of aromatic amines is 1. The molecule has 1 aromatic carbocycles. The van der Waals surface area contributed by atoms with Crippen LogP contribution in [0, 0.1) is 5.92 Å². The molecule has 222 valence electrons. The first-order valence-corrected chi connectivity index (χ1v) is 15.2. The highest BCUT2D eigenvalue weighted by Gasteiger charge is 2.28. The van der Waals surface area contributed by atoms with Gasteiger partial charge in [0, 0.05) is 61.4 Å². The highest BCUT2D eigenvalue weighted by Crippen LogP contribution is 2.39. The molecule has 1 aliphatic heterocycles. The molecule has 8 nitrogen and oxygen atoms in total. The van der Waals surface area contributed by atoms with Gasteiger partial charge in [0.1, 0.15) is 11.6 Å². The molecule has 3 heterocycles. The number of ketones is 1. The first-order valence-electron chi connectivity index (χ1n) is 15.2. The molecule has 2 aromatic heterocycles. The Morgan fingerprint density at radius 3 is 2.62 bits per heavy atom. The number of nitrogens with zero attached hydrogens (tertiary/aromatic N) is 3. The number of hydrogen-bond acceptors (Lipinski definition) is 6. The molecule has 1 aliphatic carbocycles. The number of H-pyrrole nitrogens is 1. The molecule has 0 radical (unpaired) electrons. The summed E-state index contributed by atoms with van der Waals surface area (Å²) in [5.41, 5.74) is 4.50. The van der Waals surface area contributed by atoms with Gasteiger partial charge in [0.25, 0.3) is 0 Å². The van der Waals surface area contributed by atoms with Gasteiger partial charge in [-0.3, -0.25) is 19.6 Å². The lowest BCUT2D eigenvalue weighted by molar-refractivity contribution is -0.121. The van der Waals surface area contributed by atoms with Crippen molar-refractivity contribution in [1.29, 1.82) is 0 Å². The molecule has 5 rings (SSSR count). The van der Waals surface area contributed by atoms with Gasteiger partial charge in [0.05, 0.1) is 11.3 Å². The lowest BCUT2D eigenvalue weighted by atomic mass is 9.82. The van der Waals surface area contributed by atoms with Crippen LogP contribution in [0.1, 0.15) is 81.7 Å². The number of pyridine rings is 1. The molecular formula is C34H43N5O3. The molecule has 1 atom stereocenters. The molecule has 8 heteroatoms. The maximum Gasteiger partial charge on any atom is 0.249 e. The Hall–Kier alpha value is -3.62. The van der Waals surface area contributed by atoms with E-state index in [0.29, 0.717) is 31.1 Å². The van der Waals surface area contributed by atoms with E-state index in [4.69, 9.17) is 0 Å². The van der Waals surface area contributed by atoms with Crippen molar-refractivity contribution in [2.45, 2.75) is 76.7 Å². The van der Waals surface area contributed by atoms with Crippen molar-refractivity contribution >= 4 is 17.5 Å². The standard InChI is InChI=1S/C34H43N5O3/c1-23(2)33(30(40)13-12-28-21-29(38-37-28)24-9-10-24)26-7-4-6-25(20-26)27-11-14-31(35-22-27)36-32(41)8-5-17-39-18-15-34(3,42)16-19-39/h4-8,11,14,20-24,33,42H,9-10,12-13,15-19H2,1-3H3,(H,37,38)(H,35,36,41)/b8-5+. The first-order chi connectivity index (χ1) is 20.2. The van der Waals surface area contributed by atoms with E-state index in [1.807, 2.05) is 37.3 Å². The molecule has 2 aliphatic rings. The SMILES string of the molecule is CC(C)C(C(=O)CCc1cc(C2CC2)n[nH]1)c1cccc(-c2ccc(NC(=O)/C=C/CN3CCC(C)(O)CC3)nc2)c1. The lowest BCUT2D eigenvalue weighted by Crippen LogP contribution is -2.42. The third-order valence-corrected chi connectivity index (χ3v) is 8.46. The summed E-state index contributed by atoms with van der Waals surface area (Å²) in [6, 6.07) is 14.0. The van der Waals surface area contributed by atoms with Crippen molar-refractivity contribution in [3.63, 3.8) is 0 Å². The average molecular weight is 570 g/mol. The Morgan fingerprint density at radius 1 is 1.14 bits per heavy atom. The Morgan fingerprint density at radius 2 is 1.93 bits per heavy atom. The van der Waals surface area contributed by atoms with E-state index in [1.54, 1.807) is 12.3 Å². The van der Waals surface area contributed by atoms with Gasteiger partial charge in [-0.15, -0.1) is 0 Å². The third-order valence-electron chi connectivity index (χ3n) is 8.46. The number of Topliss-reactive ketones (excluding diaryl/α,β-unsaturated/α-hetero) is 1. The largest absolute Gasteiger partial charge is 0.390 e.